The minimum Gasteiger partial charge on any atom is -0.435 e. The van der Waals surface area contributed by atoms with Crippen LogP contribution >= 0.6 is 11.8 Å². The van der Waals surface area contributed by atoms with Crippen molar-refractivity contribution in [1.29, 1.82) is 0 Å². The van der Waals surface area contributed by atoms with Gasteiger partial charge in [0.2, 0.25) is 5.91 Å². The highest BCUT2D eigenvalue weighted by atomic mass is 32.2. The molecule has 2 aromatic carbocycles. The van der Waals surface area contributed by atoms with Gasteiger partial charge >= 0.3 is 12.3 Å². The highest BCUT2D eigenvalue weighted by molar-refractivity contribution is 7.99. The van der Waals surface area contributed by atoms with Crippen LogP contribution in [-0.4, -0.2) is 33.0 Å². The third-order valence-electron chi connectivity index (χ3n) is 4.16. The number of aromatic nitrogens is 3. The molecule has 158 valence electrons. The molecule has 0 bridgehead atoms. The number of carbonyl (C=O) groups excluding carboxylic acids is 1. The first-order valence-corrected chi connectivity index (χ1v) is 10.1. The van der Waals surface area contributed by atoms with Gasteiger partial charge in [-0.3, -0.25) is 9.36 Å². The molecule has 0 saturated carbocycles. The van der Waals surface area contributed by atoms with Gasteiger partial charge in [-0.2, -0.15) is 8.78 Å². The van der Waals surface area contributed by atoms with Crippen molar-refractivity contribution in [3.8, 4) is 5.75 Å². The predicted octanol–water partition coefficient (Wildman–Crippen LogP) is 2.82. The average molecular weight is 434 g/mol. The second kappa shape index (κ2) is 10.6. The largest absolute Gasteiger partial charge is 0.435 e. The first-order chi connectivity index (χ1) is 14.5. The molecule has 0 aliphatic carbocycles. The summed E-state index contributed by atoms with van der Waals surface area (Å²) < 4.78 is 30.1. The fraction of sp³-hybridized carbons (Fsp3) is 0.250. The number of rotatable bonds is 10. The molecule has 3 aromatic rings. The summed E-state index contributed by atoms with van der Waals surface area (Å²) in [4.78, 5) is 24.1. The summed E-state index contributed by atoms with van der Waals surface area (Å²) in [5, 5.41) is 9.58. The van der Waals surface area contributed by atoms with Gasteiger partial charge in [0.1, 0.15) is 5.75 Å². The normalized spacial score (nSPS) is 10.9. The number of H-pyrrole nitrogens is 1. The molecule has 1 amide bonds. The SMILES string of the molecule is O=C(CSc1n[nH]c(=O)n1CCc1ccccc1)NCc1ccc(OC(F)F)cc1. The minimum atomic E-state index is -2.88. The fourth-order valence-electron chi connectivity index (χ4n) is 2.67. The highest BCUT2D eigenvalue weighted by Crippen LogP contribution is 2.16. The maximum atomic E-state index is 12.2. The number of ether oxygens (including phenoxy) is 1. The van der Waals surface area contributed by atoms with Gasteiger partial charge in [-0.1, -0.05) is 54.2 Å². The van der Waals surface area contributed by atoms with Gasteiger partial charge in [0.15, 0.2) is 5.16 Å². The number of benzene rings is 2. The lowest BCUT2D eigenvalue weighted by Crippen LogP contribution is -2.25. The Morgan fingerprint density at radius 2 is 1.87 bits per heavy atom. The molecule has 10 heteroatoms. The van der Waals surface area contributed by atoms with Gasteiger partial charge < -0.3 is 10.1 Å². The van der Waals surface area contributed by atoms with E-state index >= 15 is 0 Å². The van der Waals surface area contributed by atoms with E-state index in [4.69, 9.17) is 0 Å². The number of thioether (sulfide) groups is 1. The van der Waals surface area contributed by atoms with E-state index in [9.17, 15) is 18.4 Å². The number of halogens is 2. The van der Waals surface area contributed by atoms with Crippen LogP contribution in [0.25, 0.3) is 0 Å². The molecule has 0 saturated heterocycles. The fourth-order valence-corrected chi connectivity index (χ4v) is 3.47. The molecule has 30 heavy (non-hydrogen) atoms. The summed E-state index contributed by atoms with van der Waals surface area (Å²) >= 11 is 1.16. The van der Waals surface area contributed by atoms with Gasteiger partial charge in [-0.05, 0) is 29.7 Å². The maximum absolute atomic E-state index is 12.2. The Hall–Kier alpha value is -3.14. The Morgan fingerprint density at radius 3 is 2.57 bits per heavy atom. The van der Waals surface area contributed by atoms with Crippen LogP contribution in [0.15, 0.2) is 64.5 Å². The van der Waals surface area contributed by atoms with Crippen LogP contribution in [0.4, 0.5) is 8.78 Å². The summed E-state index contributed by atoms with van der Waals surface area (Å²) in [5.74, 6) is -0.0945. The lowest BCUT2D eigenvalue weighted by Gasteiger charge is -2.08. The van der Waals surface area contributed by atoms with Crippen LogP contribution in [0.1, 0.15) is 11.1 Å². The summed E-state index contributed by atoms with van der Waals surface area (Å²) in [6.07, 6.45) is 0.672. The molecular formula is C20H20F2N4O3S. The maximum Gasteiger partial charge on any atom is 0.387 e. The molecule has 2 N–H and O–H groups in total. The number of nitrogens with zero attached hydrogens (tertiary/aromatic N) is 2. The Morgan fingerprint density at radius 1 is 1.13 bits per heavy atom. The molecule has 3 rings (SSSR count). The van der Waals surface area contributed by atoms with Gasteiger partial charge in [-0.15, -0.1) is 5.10 Å². The van der Waals surface area contributed by atoms with E-state index < -0.39 is 6.61 Å². The first kappa shape index (κ1) is 21.6. The van der Waals surface area contributed by atoms with Crippen molar-refractivity contribution >= 4 is 17.7 Å². The van der Waals surface area contributed by atoms with Crippen molar-refractivity contribution in [2.45, 2.75) is 31.3 Å². The van der Waals surface area contributed by atoms with E-state index in [0.717, 1.165) is 22.9 Å². The molecule has 1 heterocycles. The van der Waals surface area contributed by atoms with Crippen LogP contribution in [0, 0.1) is 0 Å². The Balaban J connectivity index is 1.47. The predicted molar refractivity (Wildman–Crippen MR) is 109 cm³/mol. The molecule has 0 unspecified atom stereocenters. The van der Waals surface area contributed by atoms with Gasteiger partial charge in [0, 0.05) is 13.1 Å². The van der Waals surface area contributed by atoms with Crippen molar-refractivity contribution in [2.75, 3.05) is 5.75 Å². The van der Waals surface area contributed by atoms with Crippen molar-refractivity contribution in [1.82, 2.24) is 20.1 Å². The molecule has 1 aromatic heterocycles. The van der Waals surface area contributed by atoms with Crippen LogP contribution < -0.4 is 15.7 Å². The number of aromatic amines is 1. The number of aryl methyl sites for hydroxylation is 1. The monoisotopic (exact) mass is 434 g/mol. The molecular weight excluding hydrogens is 414 g/mol. The summed E-state index contributed by atoms with van der Waals surface area (Å²) in [6.45, 7) is -2.17. The van der Waals surface area contributed by atoms with Crippen molar-refractivity contribution < 1.29 is 18.3 Å². The number of carbonyl (C=O) groups is 1. The number of hydrogen-bond donors (Lipinski definition) is 2. The lowest BCUT2D eigenvalue weighted by molar-refractivity contribution is -0.118. The molecule has 0 radical (unpaired) electrons. The molecule has 0 atom stereocenters. The Bertz CT molecular complexity index is 1010. The smallest absolute Gasteiger partial charge is 0.387 e. The zero-order valence-corrected chi connectivity index (χ0v) is 16.7. The number of amides is 1. The average Bonchev–Trinajstić information content (AvgIpc) is 3.10. The second-order valence-electron chi connectivity index (χ2n) is 6.29. The Labute approximate surface area is 175 Å². The topological polar surface area (TPSA) is 89.0 Å². The highest BCUT2D eigenvalue weighted by Gasteiger charge is 2.12. The van der Waals surface area contributed by atoms with E-state index in [1.165, 1.54) is 16.7 Å². The van der Waals surface area contributed by atoms with E-state index in [-0.39, 0.29) is 29.6 Å². The van der Waals surface area contributed by atoms with Gasteiger partial charge in [0.25, 0.3) is 0 Å². The summed E-state index contributed by atoms with van der Waals surface area (Å²) in [6, 6.07) is 15.8. The number of alkyl halides is 2. The van der Waals surface area contributed by atoms with Crippen molar-refractivity contribution in [3.05, 3.63) is 76.2 Å². The van der Waals surface area contributed by atoms with E-state index in [1.807, 2.05) is 30.3 Å². The van der Waals surface area contributed by atoms with Crippen LogP contribution in [0.2, 0.25) is 0 Å². The van der Waals surface area contributed by atoms with Gasteiger partial charge in [-0.25, -0.2) is 9.89 Å². The summed E-state index contributed by atoms with van der Waals surface area (Å²) in [7, 11) is 0. The Kier molecular flexibility index (Phi) is 7.61. The van der Waals surface area contributed by atoms with Crippen LogP contribution in [-0.2, 0) is 24.3 Å². The third kappa shape index (κ3) is 6.45. The van der Waals surface area contributed by atoms with Gasteiger partial charge in [0.05, 0.1) is 5.75 Å². The van der Waals surface area contributed by atoms with Crippen molar-refractivity contribution in [2.24, 2.45) is 0 Å². The molecule has 0 fully saturated rings. The molecule has 0 aliphatic rings. The third-order valence-corrected chi connectivity index (χ3v) is 5.14. The zero-order chi connectivity index (χ0) is 21.3. The second-order valence-corrected chi connectivity index (χ2v) is 7.23. The lowest BCUT2D eigenvalue weighted by atomic mass is 10.1. The van der Waals surface area contributed by atoms with E-state index in [0.29, 0.717) is 18.1 Å². The first-order valence-electron chi connectivity index (χ1n) is 9.13. The zero-order valence-electron chi connectivity index (χ0n) is 15.9. The van der Waals surface area contributed by atoms with Crippen molar-refractivity contribution in [3.63, 3.8) is 0 Å². The standard InChI is InChI=1S/C20H20F2N4O3S/c21-18(22)29-16-8-6-15(7-9-16)12-23-17(27)13-30-20-25-24-19(28)26(20)11-10-14-4-2-1-3-5-14/h1-9,18H,10-13H2,(H,23,27)(H,24,28). The quantitative estimate of drug-likeness (QED) is 0.479. The van der Waals surface area contributed by atoms with E-state index in [2.05, 4.69) is 20.3 Å². The molecule has 7 nitrogen and oxygen atoms in total. The van der Waals surface area contributed by atoms with E-state index in [1.54, 1.807) is 12.1 Å². The summed E-state index contributed by atoms with van der Waals surface area (Å²) in [5.41, 5.74) is 1.53. The number of nitrogens with one attached hydrogen (secondary N) is 2. The van der Waals surface area contributed by atoms with Crippen LogP contribution in [0.5, 0.6) is 5.75 Å². The number of hydrogen-bond acceptors (Lipinski definition) is 5. The minimum absolute atomic E-state index is 0.0580. The molecule has 0 aliphatic heterocycles. The van der Waals surface area contributed by atoms with Crippen LogP contribution in [0.3, 0.4) is 0 Å². The molecule has 0 spiro atoms.